The lowest BCUT2D eigenvalue weighted by molar-refractivity contribution is -0.143. The van der Waals surface area contributed by atoms with E-state index >= 15 is 0 Å². The third kappa shape index (κ3) is 50.0. The number of aliphatic hydroxyl groups excluding tert-OH is 2. The molecule has 0 aromatic heterocycles. The monoisotopic (exact) mass is 904 g/mol. The zero-order chi connectivity index (χ0) is 46.5. The Bertz CT molecular complexity index is 955. The summed E-state index contributed by atoms with van der Waals surface area (Å²) in [6.45, 7) is 4.94. The molecule has 0 aliphatic rings. The molecular weight excluding hydrogens is 791 g/mol. The highest BCUT2D eigenvalue weighted by Crippen LogP contribution is 2.17. The SMILES string of the molecule is CCCCCCCC/C=C\CCCCCCCCCCCC(=O)OCCCCCCCCCCCCCCCCCCCCCC(=O)NC(CO)C(O)CCCCCCCCCCC. The van der Waals surface area contributed by atoms with Gasteiger partial charge in [0.05, 0.1) is 25.4 Å². The lowest BCUT2D eigenvalue weighted by Crippen LogP contribution is -2.45. The second-order valence-electron chi connectivity index (χ2n) is 20.0. The van der Waals surface area contributed by atoms with E-state index in [1.165, 1.54) is 244 Å². The van der Waals surface area contributed by atoms with Crippen LogP contribution in [0.2, 0.25) is 0 Å². The number of hydrogen-bond acceptors (Lipinski definition) is 5. The number of hydrogen-bond donors (Lipinski definition) is 3. The van der Waals surface area contributed by atoms with Crippen molar-refractivity contribution in [3.63, 3.8) is 0 Å². The summed E-state index contributed by atoms with van der Waals surface area (Å²) in [7, 11) is 0. The Morgan fingerprint density at radius 2 is 0.734 bits per heavy atom. The summed E-state index contributed by atoms with van der Waals surface area (Å²) in [4.78, 5) is 24.5. The van der Waals surface area contributed by atoms with Gasteiger partial charge in [-0.2, -0.15) is 0 Å². The highest BCUT2D eigenvalue weighted by atomic mass is 16.5. The van der Waals surface area contributed by atoms with Gasteiger partial charge in [-0.1, -0.05) is 270 Å². The van der Waals surface area contributed by atoms with Gasteiger partial charge < -0.3 is 20.3 Å². The average Bonchev–Trinajstić information content (AvgIpc) is 3.29. The number of nitrogens with one attached hydrogen (secondary N) is 1. The quantitative estimate of drug-likeness (QED) is 0.0321. The second-order valence-corrected chi connectivity index (χ2v) is 20.0. The lowest BCUT2D eigenvalue weighted by atomic mass is 10.0. The summed E-state index contributed by atoms with van der Waals surface area (Å²) in [5.41, 5.74) is 0. The number of aliphatic hydroxyl groups is 2. The van der Waals surface area contributed by atoms with E-state index in [4.69, 9.17) is 4.74 Å². The standard InChI is InChI=1S/C58H113NO5/c1-3-5-7-9-11-13-14-15-16-17-19-23-26-29-32-36-40-44-48-52-58(63)64-53-49-45-41-37-33-30-27-24-21-18-20-22-25-28-31-35-39-43-47-51-57(62)59-55(54-60)56(61)50-46-42-38-34-12-10-8-6-4-2/h15-16,55-56,60-61H,3-14,17-54H2,1-2H3,(H,59,62)/b16-15-. The first-order chi connectivity index (χ1) is 31.5. The van der Waals surface area contributed by atoms with Gasteiger partial charge in [-0.15, -0.1) is 0 Å². The molecule has 0 saturated heterocycles. The fraction of sp³-hybridized carbons (Fsp3) is 0.931. The number of ether oxygens (including phenoxy) is 1. The first kappa shape index (κ1) is 62.6. The Balaban J connectivity index is 3.34. The van der Waals surface area contributed by atoms with Crippen molar-refractivity contribution in [2.45, 2.75) is 334 Å². The number of carbonyl (C=O) groups is 2. The molecule has 1 amide bonds. The predicted octanol–water partition coefficient (Wildman–Crippen LogP) is 17.7. The minimum absolute atomic E-state index is 0.00891. The number of rotatable bonds is 54. The molecule has 0 heterocycles. The number of unbranched alkanes of at least 4 members (excludes halogenated alkanes) is 41. The maximum absolute atomic E-state index is 12.4. The molecule has 6 heteroatoms. The van der Waals surface area contributed by atoms with Crippen LogP contribution in [0.5, 0.6) is 0 Å². The van der Waals surface area contributed by atoms with Crippen molar-refractivity contribution in [3.8, 4) is 0 Å². The van der Waals surface area contributed by atoms with Crippen LogP contribution in [0.1, 0.15) is 322 Å². The van der Waals surface area contributed by atoms with E-state index in [9.17, 15) is 19.8 Å². The largest absolute Gasteiger partial charge is 0.466 e. The maximum Gasteiger partial charge on any atom is 0.305 e. The first-order valence-electron chi connectivity index (χ1n) is 28.9. The molecule has 2 atom stereocenters. The molecule has 0 bridgehead atoms. The van der Waals surface area contributed by atoms with Crippen LogP contribution >= 0.6 is 0 Å². The van der Waals surface area contributed by atoms with Gasteiger partial charge in [0.15, 0.2) is 0 Å². The molecule has 2 unspecified atom stereocenters. The van der Waals surface area contributed by atoms with Gasteiger partial charge in [0.1, 0.15) is 0 Å². The van der Waals surface area contributed by atoms with Crippen LogP contribution in [0.3, 0.4) is 0 Å². The van der Waals surface area contributed by atoms with E-state index in [2.05, 4.69) is 31.3 Å². The summed E-state index contributed by atoms with van der Waals surface area (Å²) in [5.74, 6) is -0.0303. The molecule has 0 aliphatic heterocycles. The Morgan fingerprint density at radius 3 is 1.11 bits per heavy atom. The van der Waals surface area contributed by atoms with Gasteiger partial charge in [-0.3, -0.25) is 9.59 Å². The number of esters is 1. The average molecular weight is 905 g/mol. The molecule has 0 aliphatic carbocycles. The minimum atomic E-state index is -0.663. The van der Waals surface area contributed by atoms with E-state index in [1.54, 1.807) is 0 Å². The van der Waals surface area contributed by atoms with Gasteiger partial charge in [0.2, 0.25) is 5.91 Å². The summed E-state index contributed by atoms with van der Waals surface area (Å²) < 4.78 is 5.49. The van der Waals surface area contributed by atoms with Crippen LogP contribution < -0.4 is 5.32 Å². The number of allylic oxidation sites excluding steroid dienone is 2. The molecule has 0 aromatic carbocycles. The second kappa shape index (κ2) is 54.2. The van der Waals surface area contributed by atoms with Crippen LogP contribution in [0, 0.1) is 0 Å². The third-order valence-corrected chi connectivity index (χ3v) is 13.6. The lowest BCUT2D eigenvalue weighted by Gasteiger charge is -2.22. The van der Waals surface area contributed by atoms with Crippen molar-refractivity contribution < 1.29 is 24.5 Å². The van der Waals surface area contributed by atoms with E-state index in [1.807, 2.05) is 0 Å². The van der Waals surface area contributed by atoms with Gasteiger partial charge in [-0.05, 0) is 51.4 Å². The van der Waals surface area contributed by atoms with Gasteiger partial charge in [0, 0.05) is 12.8 Å². The summed E-state index contributed by atoms with van der Waals surface area (Å²) in [6.07, 6.45) is 63.6. The highest BCUT2D eigenvalue weighted by molar-refractivity contribution is 5.76. The zero-order valence-corrected chi connectivity index (χ0v) is 43.3. The Morgan fingerprint density at radius 1 is 0.422 bits per heavy atom. The molecule has 0 rings (SSSR count). The van der Waals surface area contributed by atoms with Crippen molar-refractivity contribution in [2.75, 3.05) is 13.2 Å². The van der Waals surface area contributed by atoms with Crippen LogP contribution in [-0.4, -0.2) is 47.4 Å². The smallest absolute Gasteiger partial charge is 0.305 e. The number of carbonyl (C=O) groups excluding carboxylic acids is 2. The van der Waals surface area contributed by atoms with Crippen LogP contribution in [0.25, 0.3) is 0 Å². The van der Waals surface area contributed by atoms with Crippen molar-refractivity contribution in [1.82, 2.24) is 5.32 Å². The third-order valence-electron chi connectivity index (χ3n) is 13.6. The Kier molecular flexibility index (Phi) is 53.0. The minimum Gasteiger partial charge on any atom is -0.466 e. The molecule has 3 N–H and O–H groups in total. The zero-order valence-electron chi connectivity index (χ0n) is 43.3. The van der Waals surface area contributed by atoms with Crippen LogP contribution in [-0.2, 0) is 14.3 Å². The topological polar surface area (TPSA) is 95.9 Å². The van der Waals surface area contributed by atoms with Crippen LogP contribution in [0.15, 0.2) is 12.2 Å². The Hall–Kier alpha value is -1.40. The van der Waals surface area contributed by atoms with E-state index in [0.717, 1.165) is 44.9 Å². The van der Waals surface area contributed by atoms with Crippen molar-refractivity contribution in [1.29, 1.82) is 0 Å². The van der Waals surface area contributed by atoms with Gasteiger partial charge >= 0.3 is 5.97 Å². The summed E-state index contributed by atoms with van der Waals surface area (Å²) >= 11 is 0. The fourth-order valence-corrected chi connectivity index (χ4v) is 9.11. The number of amides is 1. The summed E-state index contributed by atoms with van der Waals surface area (Å²) in [5, 5.41) is 23.1. The van der Waals surface area contributed by atoms with Gasteiger partial charge in [-0.25, -0.2) is 0 Å². The molecule has 0 spiro atoms. The van der Waals surface area contributed by atoms with Crippen molar-refractivity contribution in [3.05, 3.63) is 12.2 Å². The Labute approximate surface area is 399 Å². The first-order valence-corrected chi connectivity index (χ1v) is 28.9. The van der Waals surface area contributed by atoms with E-state index in [-0.39, 0.29) is 18.5 Å². The van der Waals surface area contributed by atoms with E-state index < -0.39 is 12.1 Å². The molecular formula is C58H113NO5. The molecule has 0 radical (unpaired) electrons. The predicted molar refractivity (Wildman–Crippen MR) is 278 cm³/mol. The normalized spacial score (nSPS) is 12.6. The molecule has 64 heavy (non-hydrogen) atoms. The van der Waals surface area contributed by atoms with Crippen molar-refractivity contribution in [2.24, 2.45) is 0 Å². The molecule has 380 valence electrons. The molecule has 0 saturated carbocycles. The van der Waals surface area contributed by atoms with Crippen LogP contribution in [0.4, 0.5) is 0 Å². The van der Waals surface area contributed by atoms with Crippen molar-refractivity contribution >= 4 is 11.9 Å². The molecule has 0 fully saturated rings. The molecule has 6 nitrogen and oxygen atoms in total. The van der Waals surface area contributed by atoms with E-state index in [0.29, 0.717) is 25.9 Å². The molecule has 0 aromatic rings. The highest BCUT2D eigenvalue weighted by Gasteiger charge is 2.20. The maximum atomic E-state index is 12.4. The van der Waals surface area contributed by atoms with Gasteiger partial charge in [0.25, 0.3) is 0 Å². The summed E-state index contributed by atoms with van der Waals surface area (Å²) in [6, 6.07) is -0.541. The fourth-order valence-electron chi connectivity index (χ4n) is 9.11.